The van der Waals surface area contributed by atoms with E-state index in [2.05, 4.69) is 55.8 Å². The number of thioether (sulfide) groups is 1. The summed E-state index contributed by atoms with van der Waals surface area (Å²) < 4.78 is 34.3. The standard InChI is InChI=1S/C15H20N2O3.C14H27NO4.C13H24N2O3.C12H16N2O3.C12H21NO3S.C11H15NO3S/c1-11(2)14(18)13(12-6-4-3-5-7-12)16-15(19)17-8-9-20-10-17;1-9(19-14(5,6)7)10(15-12(17)18-8)11(16)13(2,3)4;1-9(2)12(16)11(10(3)18-4)14-13(17)15-7-5-6-8-15;1-8(2)11(15)10(14-12(16)17-3)9-5-4-6-13-7-9;1-8(2)11(14)10(13-12(15)16-3)9-4-6-17-7-5-9;1-7(2)10(13)9(12-11(14)15-3)8-4-5-16-6-8/h3-7,11,13H,8-10H2,1-2H3,(H,16,19);9-10H,1-8H3,(H,15,17);9-11H,5-8H2,1-4H3,(H,14,17);4-8,10H,1-3H3,(H,14,16);8-10H,4-7H2,1-3H3,(H,13,15);4-7,9H,1-3H3,(H,12,14)/t13-;9-,10+;10-,11+;2*10-;9-/m111101/s1. The maximum Gasteiger partial charge on any atom is 0.407 e. The molecule has 8 atom stereocenters. The molecule has 3 saturated heterocycles. The Morgan fingerprint density at radius 3 is 1.36 bits per heavy atom. The lowest BCUT2D eigenvalue weighted by molar-refractivity contribution is -0.136. The van der Waals surface area contributed by atoms with Crippen LogP contribution in [0.15, 0.2) is 71.7 Å². The second-order valence-electron chi connectivity index (χ2n) is 29.1. The molecule has 602 valence electrons. The first-order chi connectivity index (χ1) is 50.1. The van der Waals surface area contributed by atoms with Crippen molar-refractivity contribution in [3.63, 3.8) is 0 Å². The number of alkyl carbamates (subject to hydrolysis) is 4. The van der Waals surface area contributed by atoms with E-state index in [0.717, 1.165) is 61.4 Å². The van der Waals surface area contributed by atoms with Crippen LogP contribution < -0.4 is 31.9 Å². The van der Waals surface area contributed by atoms with Crippen molar-refractivity contribution >= 4 is 94.2 Å². The van der Waals surface area contributed by atoms with Gasteiger partial charge in [-0.1, -0.05) is 126 Å². The van der Waals surface area contributed by atoms with Crippen molar-refractivity contribution in [2.45, 2.75) is 204 Å². The summed E-state index contributed by atoms with van der Waals surface area (Å²) in [7, 11) is 6.68. The maximum absolute atomic E-state index is 12.4. The summed E-state index contributed by atoms with van der Waals surface area (Å²) in [6, 6.07) is 10.6. The lowest BCUT2D eigenvalue weighted by atomic mass is 9.84. The van der Waals surface area contributed by atoms with Crippen LogP contribution in [0.4, 0.5) is 28.8 Å². The summed E-state index contributed by atoms with van der Waals surface area (Å²) in [5.74, 6) is 1.67. The van der Waals surface area contributed by atoms with E-state index >= 15 is 0 Å². The van der Waals surface area contributed by atoms with E-state index in [-0.39, 0.29) is 101 Å². The molecule has 3 aliphatic heterocycles. The zero-order valence-electron chi connectivity index (χ0n) is 67.2. The number of benzene rings is 1. The highest BCUT2D eigenvalue weighted by Gasteiger charge is 2.38. The molecular weight excluding hydrogens is 1420 g/mol. The number of Topliss-reactive ketones (excluding diaryl/α,β-unsaturated/α-hetero) is 6. The van der Waals surface area contributed by atoms with E-state index in [4.69, 9.17) is 14.2 Å². The van der Waals surface area contributed by atoms with Crippen LogP contribution >= 0.6 is 23.1 Å². The molecule has 28 nitrogen and oxygen atoms in total. The number of ether oxygens (including phenoxy) is 7. The molecule has 3 fully saturated rings. The van der Waals surface area contributed by atoms with Crippen molar-refractivity contribution in [3.8, 4) is 0 Å². The number of aromatic nitrogens is 1. The second-order valence-corrected chi connectivity index (χ2v) is 31.2. The highest BCUT2D eigenvalue weighted by Crippen LogP contribution is 2.28. The molecule has 3 aromatic rings. The number of amides is 8. The first-order valence-electron chi connectivity index (χ1n) is 36.2. The average Bonchev–Trinajstić information content (AvgIpc) is 1.85. The van der Waals surface area contributed by atoms with Crippen LogP contribution in [0.5, 0.6) is 0 Å². The Labute approximate surface area is 642 Å². The summed E-state index contributed by atoms with van der Waals surface area (Å²) in [5, 5.41) is 19.7. The molecule has 1 aromatic carbocycles. The molecule has 6 rings (SSSR count). The Bertz CT molecular complexity index is 3200. The van der Waals surface area contributed by atoms with Gasteiger partial charge in [-0.05, 0) is 112 Å². The Hall–Kier alpha value is -8.06. The molecule has 0 unspecified atom stereocenters. The fourth-order valence-electron chi connectivity index (χ4n) is 10.5. The predicted octanol–water partition coefficient (Wildman–Crippen LogP) is 12.1. The van der Waals surface area contributed by atoms with Gasteiger partial charge in [0.25, 0.3) is 0 Å². The van der Waals surface area contributed by atoms with Crippen LogP contribution in [0.3, 0.4) is 0 Å². The van der Waals surface area contributed by atoms with Crippen molar-refractivity contribution in [2.75, 3.05) is 80.0 Å². The lowest BCUT2D eigenvalue weighted by Crippen LogP contribution is -2.53. The van der Waals surface area contributed by atoms with Crippen LogP contribution in [0.1, 0.15) is 185 Å². The molecule has 30 heteroatoms. The number of ketones is 6. The Morgan fingerprint density at radius 2 is 0.953 bits per heavy atom. The average molecular weight is 1540 g/mol. The van der Waals surface area contributed by atoms with Gasteiger partial charge in [0.05, 0.1) is 58.9 Å². The van der Waals surface area contributed by atoms with Crippen molar-refractivity contribution in [2.24, 2.45) is 40.9 Å². The number of pyridine rings is 1. The second kappa shape index (κ2) is 49.8. The summed E-state index contributed by atoms with van der Waals surface area (Å²) in [5.41, 5.74) is 1.29. The molecule has 0 saturated carbocycles. The predicted molar refractivity (Wildman–Crippen MR) is 413 cm³/mol. The molecule has 107 heavy (non-hydrogen) atoms. The third-order valence-electron chi connectivity index (χ3n) is 16.7. The van der Waals surface area contributed by atoms with Crippen molar-refractivity contribution in [3.05, 3.63) is 88.4 Å². The molecule has 6 N–H and O–H groups in total. The first-order valence-corrected chi connectivity index (χ1v) is 38.3. The van der Waals surface area contributed by atoms with Gasteiger partial charge in [-0.3, -0.25) is 38.7 Å². The third kappa shape index (κ3) is 36.1. The molecule has 0 spiro atoms. The maximum atomic E-state index is 12.4. The van der Waals surface area contributed by atoms with Crippen LogP contribution in [0.2, 0.25) is 0 Å². The number of nitrogens with zero attached hydrogens (tertiary/aromatic N) is 3. The van der Waals surface area contributed by atoms with Crippen LogP contribution in [0, 0.1) is 40.9 Å². The number of likely N-dealkylation sites (tertiary alicyclic amines) is 1. The number of hydrogen-bond donors (Lipinski definition) is 6. The van der Waals surface area contributed by atoms with Crippen molar-refractivity contribution in [1.29, 1.82) is 0 Å². The Kier molecular flexibility index (Phi) is 45.1. The summed E-state index contributed by atoms with van der Waals surface area (Å²) in [6.07, 6.45) is 4.09. The number of urea groups is 2. The molecule has 8 amide bonds. The minimum Gasteiger partial charge on any atom is -0.453 e. The highest BCUT2D eigenvalue weighted by molar-refractivity contribution is 7.99. The van der Waals surface area contributed by atoms with Gasteiger partial charge >= 0.3 is 36.4 Å². The summed E-state index contributed by atoms with van der Waals surface area (Å²) in [4.78, 5) is 149. The van der Waals surface area contributed by atoms with Crippen LogP contribution in [-0.4, -0.2) is 202 Å². The highest BCUT2D eigenvalue weighted by atomic mass is 32.2. The fraction of sp³-hybridized carbons (Fsp3) is 0.649. The smallest absolute Gasteiger partial charge is 0.407 e. The number of carbonyl (C=O) groups is 12. The number of rotatable bonds is 25. The molecule has 0 aliphatic carbocycles. The zero-order chi connectivity index (χ0) is 81.5. The minimum atomic E-state index is -0.730. The number of carbonyl (C=O) groups excluding carboxylic acids is 12. The van der Waals surface area contributed by atoms with Crippen LogP contribution in [0.25, 0.3) is 0 Å². The van der Waals surface area contributed by atoms with Gasteiger partial charge in [-0.15, -0.1) is 0 Å². The molecule has 3 aliphatic rings. The minimum absolute atomic E-state index is 0.00432. The first kappa shape index (κ1) is 97.0. The van der Waals surface area contributed by atoms with Crippen LogP contribution in [-0.2, 0) is 61.9 Å². The Morgan fingerprint density at radius 1 is 0.495 bits per heavy atom. The Balaban J connectivity index is 0.000000643. The number of methoxy groups -OCH3 is 5. The van der Waals surface area contributed by atoms with Gasteiger partial charge in [0, 0.05) is 79.7 Å². The normalized spacial score (nSPS) is 15.7. The van der Waals surface area contributed by atoms with E-state index < -0.39 is 71.7 Å². The van der Waals surface area contributed by atoms with Gasteiger partial charge in [0.1, 0.15) is 36.9 Å². The monoisotopic (exact) mass is 1540 g/mol. The summed E-state index contributed by atoms with van der Waals surface area (Å²) >= 11 is 3.39. The van der Waals surface area contributed by atoms with Crippen molar-refractivity contribution < 1.29 is 90.7 Å². The number of nitrogens with one attached hydrogen (secondary N) is 6. The topological polar surface area (TPSA) is 361 Å². The third-order valence-corrected chi connectivity index (χ3v) is 18.5. The van der Waals surface area contributed by atoms with Gasteiger partial charge < -0.3 is 70.0 Å². The van der Waals surface area contributed by atoms with Gasteiger partial charge in [-0.25, -0.2) is 28.8 Å². The van der Waals surface area contributed by atoms with E-state index in [1.807, 2.05) is 142 Å². The molecule has 0 bridgehead atoms. The van der Waals surface area contributed by atoms with E-state index in [9.17, 15) is 57.5 Å². The fourth-order valence-corrected chi connectivity index (χ4v) is 12.3. The van der Waals surface area contributed by atoms with E-state index in [0.29, 0.717) is 18.7 Å². The summed E-state index contributed by atoms with van der Waals surface area (Å²) in [6.45, 7) is 35.9. The molecule has 0 radical (unpaired) electrons. The van der Waals surface area contributed by atoms with Crippen molar-refractivity contribution in [1.82, 2.24) is 46.7 Å². The van der Waals surface area contributed by atoms with Gasteiger partial charge in [0.15, 0.2) is 34.7 Å². The van der Waals surface area contributed by atoms with Gasteiger partial charge in [0.2, 0.25) is 0 Å². The SMILES string of the molecule is CC(C)C(=O)[C@H](NC(=O)N1CCOC1)c1ccccc1.COC(=O)N[C@@H](C(=O)C(C)C)c1cccnc1.COC(=O)N[C@@H](C(=O)C(C)C)c1ccsc1.COC(=O)N[C@H](C(=O)C(C)(C)C)[C@@H](C)OC(C)(C)C.COC(=O)N[C@H](C(=O)C(C)C)C1CCSCC1.CO[C@H](C)[C@H](NC(=O)N1CCCC1)C(=O)C(C)C. The molecule has 5 heterocycles. The van der Waals surface area contributed by atoms with E-state index in [1.165, 1.54) is 39.8 Å². The molecule has 2 aromatic heterocycles. The zero-order valence-corrected chi connectivity index (χ0v) is 68.8. The number of hydrogen-bond acceptors (Lipinski definition) is 22. The number of thiophene rings is 1. The molecular formula is C77H123N9O19S2. The quantitative estimate of drug-likeness (QED) is 0.0429. The van der Waals surface area contributed by atoms with Gasteiger partial charge in [-0.2, -0.15) is 23.1 Å². The van der Waals surface area contributed by atoms with E-state index in [1.54, 1.807) is 83.0 Å². The largest absolute Gasteiger partial charge is 0.453 e. The lowest BCUT2D eigenvalue weighted by Gasteiger charge is -2.33.